The average molecular weight is 318 g/mol. The van der Waals surface area contributed by atoms with E-state index in [1.165, 1.54) is 29.4 Å². The van der Waals surface area contributed by atoms with Crippen molar-refractivity contribution in [3.63, 3.8) is 0 Å². The summed E-state index contributed by atoms with van der Waals surface area (Å²) in [6, 6.07) is 0. The maximum Gasteiger partial charge on any atom is 0.346 e. The van der Waals surface area contributed by atoms with Crippen LogP contribution < -0.4 is 0 Å². The van der Waals surface area contributed by atoms with Crippen LogP contribution in [0.3, 0.4) is 0 Å². The zero-order valence-electron chi connectivity index (χ0n) is 11.0. The van der Waals surface area contributed by atoms with Crippen LogP contribution >= 0.6 is 23.1 Å². The zero-order chi connectivity index (χ0) is 14.8. The molecule has 21 heavy (non-hydrogen) atoms. The first-order valence-electron chi connectivity index (χ1n) is 6.02. The molecule has 0 amide bonds. The highest BCUT2D eigenvalue weighted by Gasteiger charge is 2.18. The van der Waals surface area contributed by atoms with E-state index in [0.29, 0.717) is 21.0 Å². The SMILES string of the molecule is Cc1c(C(=O)O)sc2ncnc(SCc3cnccn3)c12. The van der Waals surface area contributed by atoms with Crippen molar-refractivity contribution in [2.45, 2.75) is 17.7 Å². The predicted molar refractivity (Wildman–Crippen MR) is 80.7 cm³/mol. The van der Waals surface area contributed by atoms with Crippen molar-refractivity contribution >= 4 is 39.3 Å². The van der Waals surface area contributed by atoms with E-state index in [-0.39, 0.29) is 0 Å². The number of hydrogen-bond donors (Lipinski definition) is 1. The van der Waals surface area contributed by atoms with Crippen molar-refractivity contribution in [3.05, 3.63) is 41.1 Å². The molecule has 0 atom stereocenters. The summed E-state index contributed by atoms with van der Waals surface area (Å²) in [6.45, 7) is 1.79. The second-order valence-corrected chi connectivity index (χ2v) is 6.17. The normalized spacial score (nSPS) is 10.9. The molecule has 0 spiro atoms. The Balaban J connectivity index is 1.97. The Morgan fingerprint density at radius 1 is 1.33 bits per heavy atom. The minimum Gasteiger partial charge on any atom is -0.477 e. The van der Waals surface area contributed by atoms with Gasteiger partial charge in [-0.3, -0.25) is 9.97 Å². The molecule has 106 valence electrons. The topological polar surface area (TPSA) is 88.9 Å². The standard InChI is InChI=1S/C13H10N4O2S2/c1-7-9-11(20-5-8-4-14-2-3-15-8)16-6-17-12(9)21-10(7)13(18)19/h2-4,6H,5H2,1H3,(H,18,19). The number of thiophene rings is 1. The van der Waals surface area contributed by atoms with Crippen LogP contribution in [0.5, 0.6) is 0 Å². The molecule has 3 aromatic rings. The Bertz CT molecular complexity index is 805. The number of carboxylic acid groups (broad SMARTS) is 1. The lowest BCUT2D eigenvalue weighted by Gasteiger charge is -2.02. The molecule has 0 aliphatic carbocycles. The van der Waals surface area contributed by atoms with E-state index in [1.54, 1.807) is 25.5 Å². The average Bonchev–Trinajstić information content (AvgIpc) is 2.84. The smallest absolute Gasteiger partial charge is 0.346 e. The van der Waals surface area contributed by atoms with E-state index in [1.807, 2.05) is 0 Å². The van der Waals surface area contributed by atoms with Crippen LogP contribution in [0.15, 0.2) is 29.9 Å². The number of carboxylic acids is 1. The molecule has 0 saturated heterocycles. The van der Waals surface area contributed by atoms with Crippen molar-refractivity contribution in [1.82, 2.24) is 19.9 Å². The van der Waals surface area contributed by atoms with Crippen LogP contribution in [0, 0.1) is 6.92 Å². The molecular weight excluding hydrogens is 308 g/mol. The van der Waals surface area contributed by atoms with Crippen LogP contribution in [0.1, 0.15) is 20.9 Å². The van der Waals surface area contributed by atoms with Crippen LogP contribution in [-0.2, 0) is 5.75 Å². The third-order valence-electron chi connectivity index (χ3n) is 2.86. The second-order valence-electron chi connectivity index (χ2n) is 4.21. The van der Waals surface area contributed by atoms with Gasteiger partial charge in [0.1, 0.15) is 21.1 Å². The Morgan fingerprint density at radius 3 is 2.90 bits per heavy atom. The molecule has 3 aromatic heterocycles. The molecule has 0 aliphatic rings. The number of carbonyl (C=O) groups is 1. The summed E-state index contributed by atoms with van der Waals surface area (Å²) >= 11 is 2.68. The predicted octanol–water partition coefficient (Wildman–Crippen LogP) is 2.78. The number of aromatic carboxylic acids is 1. The van der Waals surface area contributed by atoms with Gasteiger partial charge in [-0.2, -0.15) is 0 Å². The van der Waals surface area contributed by atoms with E-state index >= 15 is 0 Å². The minimum atomic E-state index is -0.930. The van der Waals surface area contributed by atoms with Crippen molar-refractivity contribution in [2.75, 3.05) is 0 Å². The molecule has 0 aliphatic heterocycles. The molecule has 3 rings (SSSR count). The number of thioether (sulfide) groups is 1. The van der Waals surface area contributed by atoms with Crippen molar-refractivity contribution in [2.24, 2.45) is 0 Å². The molecule has 8 heteroatoms. The summed E-state index contributed by atoms with van der Waals surface area (Å²) < 4.78 is 0. The third kappa shape index (κ3) is 2.72. The lowest BCUT2D eigenvalue weighted by Crippen LogP contribution is -1.94. The van der Waals surface area contributed by atoms with Gasteiger partial charge in [0.2, 0.25) is 0 Å². The van der Waals surface area contributed by atoms with E-state index in [0.717, 1.165) is 16.1 Å². The van der Waals surface area contributed by atoms with Gasteiger partial charge in [0.05, 0.1) is 5.69 Å². The van der Waals surface area contributed by atoms with Crippen LogP contribution in [-0.4, -0.2) is 31.0 Å². The number of rotatable bonds is 4. The van der Waals surface area contributed by atoms with Gasteiger partial charge in [-0.15, -0.1) is 11.3 Å². The summed E-state index contributed by atoms with van der Waals surface area (Å²) in [4.78, 5) is 28.9. The zero-order valence-corrected chi connectivity index (χ0v) is 12.6. The summed E-state index contributed by atoms with van der Waals surface area (Å²) in [5.74, 6) is -0.308. The van der Waals surface area contributed by atoms with Gasteiger partial charge in [0, 0.05) is 29.7 Å². The highest BCUT2D eigenvalue weighted by Crippen LogP contribution is 2.35. The maximum absolute atomic E-state index is 11.2. The van der Waals surface area contributed by atoms with Gasteiger partial charge in [-0.05, 0) is 12.5 Å². The number of aryl methyl sites for hydroxylation is 1. The molecule has 0 bridgehead atoms. The Labute approximate surface area is 128 Å². The van der Waals surface area contributed by atoms with Crippen molar-refractivity contribution in [1.29, 1.82) is 0 Å². The molecule has 0 radical (unpaired) electrons. The molecule has 0 aromatic carbocycles. The van der Waals surface area contributed by atoms with E-state index < -0.39 is 5.97 Å². The first-order valence-corrected chi connectivity index (χ1v) is 7.82. The molecule has 6 nitrogen and oxygen atoms in total. The summed E-state index contributed by atoms with van der Waals surface area (Å²) in [5.41, 5.74) is 1.56. The van der Waals surface area contributed by atoms with Gasteiger partial charge in [-0.25, -0.2) is 14.8 Å². The second kappa shape index (κ2) is 5.74. The van der Waals surface area contributed by atoms with Crippen LogP contribution in [0.2, 0.25) is 0 Å². The fourth-order valence-electron chi connectivity index (χ4n) is 1.90. The van der Waals surface area contributed by atoms with Gasteiger partial charge in [-0.1, -0.05) is 11.8 Å². The van der Waals surface area contributed by atoms with E-state index in [4.69, 9.17) is 0 Å². The Hall–Kier alpha value is -2.06. The lowest BCUT2D eigenvalue weighted by molar-refractivity contribution is 0.0701. The molecule has 0 saturated carbocycles. The van der Waals surface area contributed by atoms with Crippen molar-refractivity contribution in [3.8, 4) is 0 Å². The van der Waals surface area contributed by atoms with Gasteiger partial charge in [0.15, 0.2) is 0 Å². The maximum atomic E-state index is 11.2. The number of aromatic nitrogens is 4. The molecule has 0 fully saturated rings. The number of fused-ring (bicyclic) bond motifs is 1. The highest BCUT2D eigenvalue weighted by atomic mass is 32.2. The summed E-state index contributed by atoms with van der Waals surface area (Å²) in [7, 11) is 0. The number of nitrogens with zero attached hydrogens (tertiary/aromatic N) is 4. The monoisotopic (exact) mass is 318 g/mol. The van der Waals surface area contributed by atoms with Gasteiger partial charge < -0.3 is 5.11 Å². The fourth-order valence-corrected chi connectivity index (χ4v) is 3.90. The van der Waals surface area contributed by atoms with Gasteiger partial charge >= 0.3 is 5.97 Å². The molecular formula is C13H10N4O2S2. The van der Waals surface area contributed by atoms with Gasteiger partial charge in [0.25, 0.3) is 0 Å². The highest BCUT2D eigenvalue weighted by molar-refractivity contribution is 7.98. The molecule has 3 heterocycles. The van der Waals surface area contributed by atoms with Crippen LogP contribution in [0.25, 0.3) is 10.2 Å². The first kappa shape index (κ1) is 13.9. The quantitative estimate of drug-likeness (QED) is 0.584. The summed E-state index contributed by atoms with van der Waals surface area (Å²) in [5, 5.41) is 10.8. The molecule has 0 unspecified atom stereocenters. The Morgan fingerprint density at radius 2 is 2.19 bits per heavy atom. The fraction of sp³-hybridized carbons (Fsp3) is 0.154. The summed E-state index contributed by atoms with van der Waals surface area (Å²) in [6.07, 6.45) is 6.43. The first-order chi connectivity index (χ1) is 10.2. The largest absolute Gasteiger partial charge is 0.477 e. The van der Waals surface area contributed by atoms with E-state index in [2.05, 4.69) is 19.9 Å². The van der Waals surface area contributed by atoms with Crippen LogP contribution in [0.4, 0.5) is 0 Å². The number of hydrogen-bond acceptors (Lipinski definition) is 7. The Kier molecular flexibility index (Phi) is 3.80. The van der Waals surface area contributed by atoms with E-state index in [9.17, 15) is 9.90 Å². The third-order valence-corrected chi connectivity index (χ3v) is 5.07. The van der Waals surface area contributed by atoms with Crippen molar-refractivity contribution < 1.29 is 9.90 Å². The minimum absolute atomic E-state index is 0.312. The lowest BCUT2D eigenvalue weighted by atomic mass is 10.2. The molecule has 1 N–H and O–H groups in total.